The number of non-ortho nitro benzene ring substituents is 1. The minimum absolute atomic E-state index is 0.189. The van der Waals surface area contributed by atoms with E-state index < -0.39 is 34.8 Å². The van der Waals surface area contributed by atoms with Crippen molar-refractivity contribution in [1.82, 2.24) is 0 Å². The zero-order valence-electron chi connectivity index (χ0n) is 16.8. The Kier molecular flexibility index (Phi) is 5.28. The molecule has 5 rings (SSSR count). The monoisotopic (exact) mass is 483 g/mol. The average molecular weight is 484 g/mol. The number of hydrogen-bond acceptors (Lipinski definition) is 6. The van der Waals surface area contributed by atoms with Crippen LogP contribution < -0.4 is 9.96 Å². The van der Waals surface area contributed by atoms with Crippen molar-refractivity contribution in [2.24, 2.45) is 5.92 Å². The van der Waals surface area contributed by atoms with Crippen LogP contribution in [0.3, 0.4) is 0 Å². The molecule has 166 valence electrons. The molecule has 3 aromatic rings. The fourth-order valence-electron chi connectivity index (χ4n) is 4.27. The summed E-state index contributed by atoms with van der Waals surface area (Å²) in [6.07, 6.45) is -1.14. The molecule has 2 fully saturated rings. The summed E-state index contributed by atoms with van der Waals surface area (Å²) in [6, 6.07) is 18.5. The number of benzene rings is 3. The largest absolute Gasteiger partial charge is 0.273 e. The third-order valence-corrected chi connectivity index (χ3v) is 6.39. The summed E-state index contributed by atoms with van der Waals surface area (Å²) < 4.78 is 0. The first-order valence-corrected chi connectivity index (χ1v) is 10.7. The quantitative estimate of drug-likeness (QED) is 0.296. The van der Waals surface area contributed by atoms with E-state index in [1.54, 1.807) is 48.5 Å². The number of hydroxylamine groups is 1. The number of fused-ring (bicyclic) bond motifs is 1. The van der Waals surface area contributed by atoms with Gasteiger partial charge in [-0.1, -0.05) is 53.5 Å². The van der Waals surface area contributed by atoms with Crippen LogP contribution in [0.15, 0.2) is 72.8 Å². The van der Waals surface area contributed by atoms with Crippen LogP contribution in [0, 0.1) is 16.0 Å². The van der Waals surface area contributed by atoms with Crippen molar-refractivity contribution in [2.75, 3.05) is 9.96 Å². The van der Waals surface area contributed by atoms with Crippen molar-refractivity contribution >= 4 is 52.1 Å². The predicted octanol–water partition coefficient (Wildman–Crippen LogP) is 4.95. The molecule has 8 nitrogen and oxygen atoms in total. The van der Waals surface area contributed by atoms with Gasteiger partial charge in [0, 0.05) is 22.7 Å². The molecule has 0 radical (unpaired) electrons. The van der Waals surface area contributed by atoms with Crippen molar-refractivity contribution in [3.8, 4) is 0 Å². The molecule has 2 saturated heterocycles. The number of amides is 2. The van der Waals surface area contributed by atoms with Gasteiger partial charge in [-0.3, -0.25) is 24.5 Å². The van der Waals surface area contributed by atoms with Gasteiger partial charge in [0.2, 0.25) is 5.91 Å². The summed E-state index contributed by atoms with van der Waals surface area (Å²) in [5.41, 5.74) is 0.946. The molecule has 2 aliphatic heterocycles. The van der Waals surface area contributed by atoms with Gasteiger partial charge < -0.3 is 0 Å². The lowest BCUT2D eigenvalue weighted by Gasteiger charge is -2.29. The molecular formula is C23H15Cl2N3O5. The van der Waals surface area contributed by atoms with Crippen LogP contribution in [0.2, 0.25) is 10.0 Å². The lowest BCUT2D eigenvalue weighted by atomic mass is 9.90. The summed E-state index contributed by atoms with van der Waals surface area (Å²) in [5.74, 6) is -2.08. The van der Waals surface area contributed by atoms with Gasteiger partial charge in [0.1, 0.15) is 5.92 Å². The number of nitrogens with zero attached hydrogens (tertiary/aromatic N) is 3. The highest BCUT2D eigenvalue weighted by Crippen LogP contribution is 2.50. The number of imide groups is 1. The molecule has 0 aromatic heterocycles. The Morgan fingerprint density at radius 1 is 0.879 bits per heavy atom. The van der Waals surface area contributed by atoms with Gasteiger partial charge >= 0.3 is 0 Å². The van der Waals surface area contributed by atoms with Crippen molar-refractivity contribution in [1.29, 1.82) is 0 Å². The fraction of sp³-hybridized carbons (Fsp3) is 0.130. The molecule has 0 spiro atoms. The molecule has 2 heterocycles. The molecule has 2 aliphatic rings. The number of anilines is 2. The van der Waals surface area contributed by atoms with Gasteiger partial charge in [0.05, 0.1) is 27.4 Å². The molecule has 0 bridgehead atoms. The van der Waals surface area contributed by atoms with Crippen molar-refractivity contribution < 1.29 is 19.3 Å². The van der Waals surface area contributed by atoms with Gasteiger partial charge in [-0.2, -0.15) is 0 Å². The van der Waals surface area contributed by atoms with Crippen molar-refractivity contribution in [3.05, 3.63) is 98.5 Å². The van der Waals surface area contributed by atoms with E-state index in [0.29, 0.717) is 11.3 Å². The Labute approximate surface area is 198 Å². The Bertz CT molecular complexity index is 1290. The lowest BCUT2D eigenvalue weighted by molar-refractivity contribution is -0.384. The predicted molar refractivity (Wildman–Crippen MR) is 122 cm³/mol. The van der Waals surface area contributed by atoms with Crippen LogP contribution in [-0.4, -0.2) is 22.8 Å². The summed E-state index contributed by atoms with van der Waals surface area (Å²) in [4.78, 5) is 44.8. The molecule has 33 heavy (non-hydrogen) atoms. The van der Waals surface area contributed by atoms with Gasteiger partial charge in [-0.25, -0.2) is 9.96 Å². The number of carbonyl (C=O) groups excluding carboxylic acids is 2. The van der Waals surface area contributed by atoms with Crippen LogP contribution in [0.1, 0.15) is 11.6 Å². The second kappa shape index (κ2) is 8.15. The van der Waals surface area contributed by atoms with E-state index in [2.05, 4.69) is 0 Å². The number of nitro groups is 1. The molecule has 0 unspecified atom stereocenters. The summed E-state index contributed by atoms with van der Waals surface area (Å²) in [7, 11) is 0. The number of halogens is 2. The Morgan fingerprint density at radius 2 is 1.58 bits per heavy atom. The van der Waals surface area contributed by atoms with Crippen molar-refractivity contribution in [2.45, 2.75) is 12.1 Å². The van der Waals surface area contributed by atoms with Crippen LogP contribution in [-0.2, 0) is 14.4 Å². The minimum Gasteiger partial charge on any atom is -0.273 e. The average Bonchev–Trinajstić information content (AvgIpc) is 3.31. The van der Waals surface area contributed by atoms with E-state index in [-0.39, 0.29) is 21.4 Å². The SMILES string of the molecule is O=C1[C@H]2[C@@H](c3cc([N+](=O)[O-])ccc3Cl)N(c3ccccc3)O[C@H]2C(=O)N1c1ccccc1Cl. The number of nitro benzene ring substituents is 1. The number of rotatable bonds is 4. The summed E-state index contributed by atoms with van der Waals surface area (Å²) >= 11 is 12.7. The topological polar surface area (TPSA) is 93.0 Å². The fourth-order valence-corrected chi connectivity index (χ4v) is 4.72. The smallest absolute Gasteiger partial charge is 0.269 e. The molecule has 0 saturated carbocycles. The first kappa shape index (κ1) is 21.4. The number of carbonyl (C=O) groups is 2. The van der Waals surface area contributed by atoms with Gasteiger partial charge in [-0.05, 0) is 30.3 Å². The highest BCUT2D eigenvalue weighted by Gasteiger charge is 2.61. The molecule has 3 aromatic carbocycles. The van der Waals surface area contributed by atoms with E-state index in [1.807, 2.05) is 6.07 Å². The zero-order chi connectivity index (χ0) is 23.3. The normalized spacial score (nSPS) is 22.1. The van der Waals surface area contributed by atoms with Gasteiger partial charge in [0.25, 0.3) is 11.6 Å². The molecule has 0 aliphatic carbocycles. The highest BCUT2D eigenvalue weighted by atomic mass is 35.5. The third kappa shape index (κ3) is 3.43. The standard InChI is InChI=1S/C23H15Cl2N3O5/c24-16-11-10-14(28(31)32)12-15(16)20-19-21(33-27(20)13-6-2-1-3-7-13)23(30)26(22(19)29)18-9-5-4-8-17(18)25/h1-12,19-21H/t19-,20+,21+/m0/s1. The molecule has 3 atom stereocenters. The Hall–Kier alpha value is -3.46. The van der Waals surface area contributed by atoms with E-state index >= 15 is 0 Å². The number of hydrogen-bond donors (Lipinski definition) is 0. The van der Waals surface area contributed by atoms with E-state index in [1.165, 1.54) is 23.3 Å². The second-order valence-electron chi connectivity index (χ2n) is 7.58. The van der Waals surface area contributed by atoms with E-state index in [4.69, 9.17) is 28.0 Å². The van der Waals surface area contributed by atoms with Gasteiger partial charge in [0.15, 0.2) is 6.10 Å². The van der Waals surface area contributed by atoms with Crippen molar-refractivity contribution in [3.63, 3.8) is 0 Å². The van der Waals surface area contributed by atoms with E-state index in [0.717, 1.165) is 4.90 Å². The van der Waals surface area contributed by atoms with Crippen LogP contribution in [0.5, 0.6) is 0 Å². The van der Waals surface area contributed by atoms with Crippen LogP contribution in [0.4, 0.5) is 17.1 Å². The first-order chi connectivity index (χ1) is 15.9. The first-order valence-electron chi connectivity index (χ1n) is 9.95. The zero-order valence-corrected chi connectivity index (χ0v) is 18.3. The second-order valence-corrected chi connectivity index (χ2v) is 8.40. The maximum absolute atomic E-state index is 13.6. The molecule has 2 amide bonds. The number of para-hydroxylation sites is 2. The summed E-state index contributed by atoms with van der Waals surface area (Å²) in [5, 5.41) is 13.3. The highest BCUT2D eigenvalue weighted by molar-refractivity contribution is 6.36. The molecular weight excluding hydrogens is 469 g/mol. The Morgan fingerprint density at radius 3 is 2.27 bits per heavy atom. The minimum atomic E-state index is -1.14. The third-order valence-electron chi connectivity index (χ3n) is 5.73. The van der Waals surface area contributed by atoms with Crippen LogP contribution >= 0.6 is 23.2 Å². The Balaban J connectivity index is 1.65. The van der Waals surface area contributed by atoms with E-state index in [9.17, 15) is 19.7 Å². The molecule has 10 heteroatoms. The van der Waals surface area contributed by atoms with Gasteiger partial charge in [-0.15, -0.1) is 0 Å². The van der Waals surface area contributed by atoms with Crippen LogP contribution in [0.25, 0.3) is 0 Å². The molecule has 0 N–H and O–H groups in total. The summed E-state index contributed by atoms with van der Waals surface area (Å²) in [6.45, 7) is 0. The lowest BCUT2D eigenvalue weighted by Crippen LogP contribution is -2.37. The maximum atomic E-state index is 13.6. The maximum Gasteiger partial charge on any atom is 0.269 e.